The van der Waals surface area contributed by atoms with Crippen LogP contribution in [0.1, 0.15) is 54.5 Å². The summed E-state index contributed by atoms with van der Waals surface area (Å²) in [6.45, 7) is 4.71. The van der Waals surface area contributed by atoms with Crippen molar-refractivity contribution in [3.63, 3.8) is 0 Å². The Balaban J connectivity index is 1.75. The van der Waals surface area contributed by atoms with E-state index in [0.717, 1.165) is 0 Å². The lowest BCUT2D eigenvalue weighted by molar-refractivity contribution is 0.597. The maximum atomic E-state index is 5.74. The molecule has 1 aromatic carbocycles. The van der Waals surface area contributed by atoms with Gasteiger partial charge in [-0.1, -0.05) is 32.0 Å². The van der Waals surface area contributed by atoms with E-state index >= 15 is 0 Å². The summed E-state index contributed by atoms with van der Waals surface area (Å²) in [6.07, 6.45) is 5.71. The average molecular weight is 267 g/mol. The van der Waals surface area contributed by atoms with Crippen LogP contribution in [0.25, 0.3) is 0 Å². The summed E-state index contributed by atoms with van der Waals surface area (Å²) in [5.74, 6) is 1.63. The van der Waals surface area contributed by atoms with E-state index in [1.807, 2.05) is 6.20 Å². The molecule has 2 atom stereocenters. The van der Waals surface area contributed by atoms with Crippen LogP contribution in [0.3, 0.4) is 0 Å². The third-order valence-electron chi connectivity index (χ3n) is 5.29. The van der Waals surface area contributed by atoms with Crippen molar-refractivity contribution in [1.82, 2.24) is 9.97 Å². The summed E-state index contributed by atoms with van der Waals surface area (Å²) in [6, 6.07) is 6.85. The molecule has 4 rings (SSSR count). The second-order valence-electron chi connectivity index (χ2n) is 6.84. The monoisotopic (exact) mass is 267 g/mol. The summed E-state index contributed by atoms with van der Waals surface area (Å²) < 4.78 is 0. The average Bonchev–Trinajstić information content (AvgIpc) is 2.83. The quantitative estimate of drug-likeness (QED) is 0.876. The number of benzene rings is 1. The topological polar surface area (TPSA) is 54.7 Å². The SMILES string of the molecule is CC1(C)C(c2cnc(N)[nH]2)[C@@H]1c1cccc2c1CCC2. The number of aryl methyl sites for hydroxylation is 1. The van der Waals surface area contributed by atoms with Crippen LogP contribution in [-0.2, 0) is 12.8 Å². The second-order valence-corrected chi connectivity index (χ2v) is 6.84. The molecule has 3 heteroatoms. The third kappa shape index (κ3) is 1.55. The highest BCUT2D eigenvalue weighted by atomic mass is 15.0. The van der Waals surface area contributed by atoms with E-state index in [4.69, 9.17) is 5.73 Å². The Morgan fingerprint density at radius 1 is 1.25 bits per heavy atom. The number of aromatic nitrogens is 2. The molecule has 3 nitrogen and oxygen atoms in total. The molecule has 0 aliphatic heterocycles. The van der Waals surface area contributed by atoms with Gasteiger partial charge in [0.05, 0.1) is 6.20 Å². The number of nitrogens with one attached hydrogen (secondary N) is 1. The molecule has 2 aliphatic rings. The molecule has 1 aromatic heterocycles. The van der Waals surface area contributed by atoms with Gasteiger partial charge in [0.2, 0.25) is 0 Å². The van der Waals surface area contributed by atoms with E-state index in [1.165, 1.54) is 25.0 Å². The van der Waals surface area contributed by atoms with Crippen LogP contribution in [-0.4, -0.2) is 9.97 Å². The highest BCUT2D eigenvalue weighted by Crippen LogP contribution is 2.70. The fourth-order valence-electron chi connectivity index (χ4n) is 4.25. The van der Waals surface area contributed by atoms with Crippen molar-refractivity contribution < 1.29 is 0 Å². The molecule has 0 amide bonds. The molecule has 3 N–H and O–H groups in total. The number of rotatable bonds is 2. The summed E-state index contributed by atoms with van der Waals surface area (Å²) in [5.41, 5.74) is 11.9. The number of nitrogen functional groups attached to an aromatic ring is 1. The standard InChI is InChI=1S/C17H21N3/c1-17(2)14(15(17)13-9-19-16(18)20-13)12-8-4-6-10-5-3-7-11(10)12/h4,6,8-9,14-15H,3,5,7H2,1-2H3,(H3,18,19,20)/t14-,15?/m0/s1. The van der Waals surface area contributed by atoms with Crippen LogP contribution in [0.2, 0.25) is 0 Å². The van der Waals surface area contributed by atoms with Gasteiger partial charge in [0, 0.05) is 11.6 Å². The van der Waals surface area contributed by atoms with E-state index < -0.39 is 0 Å². The molecule has 0 spiro atoms. The molecule has 2 aromatic rings. The largest absolute Gasteiger partial charge is 0.369 e. The van der Waals surface area contributed by atoms with E-state index in [9.17, 15) is 0 Å². The van der Waals surface area contributed by atoms with Crippen LogP contribution < -0.4 is 5.73 Å². The van der Waals surface area contributed by atoms with Crippen molar-refractivity contribution in [1.29, 1.82) is 0 Å². The summed E-state index contributed by atoms with van der Waals surface area (Å²) in [5, 5.41) is 0. The van der Waals surface area contributed by atoms with Crippen molar-refractivity contribution in [2.45, 2.75) is 44.9 Å². The predicted octanol–water partition coefficient (Wildman–Crippen LogP) is 3.39. The first kappa shape index (κ1) is 12.0. The number of nitrogens with two attached hydrogens (primary N) is 1. The second kappa shape index (κ2) is 3.87. The van der Waals surface area contributed by atoms with Crippen LogP contribution >= 0.6 is 0 Å². The van der Waals surface area contributed by atoms with E-state index in [-0.39, 0.29) is 5.41 Å². The first-order chi connectivity index (χ1) is 9.59. The molecule has 104 valence electrons. The van der Waals surface area contributed by atoms with Crippen molar-refractivity contribution >= 4 is 5.95 Å². The first-order valence-corrected chi connectivity index (χ1v) is 7.50. The van der Waals surface area contributed by atoms with Crippen LogP contribution in [0.15, 0.2) is 24.4 Å². The molecule has 0 radical (unpaired) electrons. The summed E-state index contributed by atoms with van der Waals surface area (Å²) >= 11 is 0. The van der Waals surface area contributed by atoms with Crippen LogP contribution in [0.5, 0.6) is 0 Å². The molecule has 0 saturated heterocycles. The molecule has 1 saturated carbocycles. The molecular formula is C17H21N3. The summed E-state index contributed by atoms with van der Waals surface area (Å²) in [4.78, 5) is 7.39. The van der Waals surface area contributed by atoms with Gasteiger partial charge in [-0.2, -0.15) is 0 Å². The maximum Gasteiger partial charge on any atom is 0.197 e. The molecule has 0 bridgehead atoms. The Labute approximate surface area is 119 Å². The Bertz CT molecular complexity index is 669. The molecule has 1 heterocycles. The third-order valence-corrected chi connectivity index (χ3v) is 5.29. The molecule has 1 unspecified atom stereocenters. The van der Waals surface area contributed by atoms with Gasteiger partial charge in [0.1, 0.15) is 0 Å². The van der Waals surface area contributed by atoms with Gasteiger partial charge < -0.3 is 10.7 Å². The first-order valence-electron chi connectivity index (χ1n) is 7.50. The van der Waals surface area contributed by atoms with Gasteiger partial charge in [0.25, 0.3) is 0 Å². The Morgan fingerprint density at radius 3 is 2.85 bits per heavy atom. The van der Waals surface area contributed by atoms with Crippen molar-refractivity contribution in [3.05, 3.63) is 46.8 Å². The Hall–Kier alpha value is -1.77. The van der Waals surface area contributed by atoms with Gasteiger partial charge in [-0.05, 0) is 47.3 Å². The molecule has 20 heavy (non-hydrogen) atoms. The lowest BCUT2D eigenvalue weighted by Gasteiger charge is -2.09. The van der Waals surface area contributed by atoms with E-state index in [2.05, 4.69) is 42.0 Å². The van der Waals surface area contributed by atoms with Crippen LogP contribution in [0, 0.1) is 5.41 Å². The zero-order valence-electron chi connectivity index (χ0n) is 12.1. The Morgan fingerprint density at radius 2 is 2.10 bits per heavy atom. The minimum absolute atomic E-state index is 0.288. The smallest absolute Gasteiger partial charge is 0.197 e. The van der Waals surface area contributed by atoms with Gasteiger partial charge >= 0.3 is 0 Å². The van der Waals surface area contributed by atoms with Gasteiger partial charge in [-0.3, -0.25) is 0 Å². The number of H-pyrrole nitrogens is 1. The fourth-order valence-corrected chi connectivity index (χ4v) is 4.25. The minimum Gasteiger partial charge on any atom is -0.369 e. The van der Waals surface area contributed by atoms with Crippen molar-refractivity contribution in [2.24, 2.45) is 5.41 Å². The molecular weight excluding hydrogens is 246 g/mol. The highest BCUT2D eigenvalue weighted by Gasteiger charge is 2.60. The number of hydrogen-bond donors (Lipinski definition) is 2. The lowest BCUT2D eigenvalue weighted by Crippen LogP contribution is -1.95. The minimum atomic E-state index is 0.288. The van der Waals surface area contributed by atoms with Crippen LogP contribution in [0.4, 0.5) is 5.95 Å². The number of aromatic amines is 1. The maximum absolute atomic E-state index is 5.74. The van der Waals surface area contributed by atoms with Gasteiger partial charge in [0.15, 0.2) is 5.95 Å². The number of nitrogens with zero attached hydrogens (tertiary/aromatic N) is 1. The van der Waals surface area contributed by atoms with Crippen molar-refractivity contribution in [3.8, 4) is 0 Å². The normalized spacial score (nSPS) is 26.5. The highest BCUT2D eigenvalue weighted by molar-refractivity contribution is 5.48. The zero-order chi connectivity index (χ0) is 13.9. The van der Waals surface area contributed by atoms with Gasteiger partial charge in [-0.25, -0.2) is 4.98 Å². The number of anilines is 1. The number of hydrogen-bond acceptors (Lipinski definition) is 2. The molecule has 2 aliphatic carbocycles. The van der Waals surface area contributed by atoms with Gasteiger partial charge in [-0.15, -0.1) is 0 Å². The van der Waals surface area contributed by atoms with E-state index in [1.54, 1.807) is 16.7 Å². The Kier molecular flexibility index (Phi) is 2.33. The van der Waals surface area contributed by atoms with Crippen molar-refractivity contribution in [2.75, 3.05) is 5.73 Å². The number of imidazole rings is 1. The number of fused-ring (bicyclic) bond motifs is 1. The lowest BCUT2D eigenvalue weighted by atomic mass is 9.96. The zero-order valence-corrected chi connectivity index (χ0v) is 12.1. The van der Waals surface area contributed by atoms with E-state index in [0.29, 0.717) is 17.8 Å². The molecule has 1 fully saturated rings. The predicted molar refractivity (Wildman–Crippen MR) is 80.7 cm³/mol. The fraction of sp³-hybridized carbons (Fsp3) is 0.471. The summed E-state index contributed by atoms with van der Waals surface area (Å²) in [7, 11) is 0.